The number of hydrogen-bond acceptors (Lipinski definition) is 6. The van der Waals surface area contributed by atoms with Gasteiger partial charge in [-0.05, 0) is 48.6 Å². The number of ether oxygens (including phenoxy) is 2. The molecule has 0 unspecified atom stereocenters. The zero-order valence-corrected chi connectivity index (χ0v) is 16.0. The number of benzene rings is 2. The number of thiocarbonyl (C=S) groups is 1. The van der Waals surface area contributed by atoms with Crippen molar-refractivity contribution < 1.29 is 18.3 Å². The van der Waals surface area contributed by atoms with E-state index in [1.54, 1.807) is 26.4 Å². The Hall–Kier alpha value is -3.52. The third-order valence-electron chi connectivity index (χ3n) is 4.20. The molecule has 0 aliphatic carbocycles. The quantitative estimate of drug-likeness (QED) is 0.302. The van der Waals surface area contributed by atoms with Gasteiger partial charge in [-0.1, -0.05) is 0 Å². The zero-order chi connectivity index (χ0) is 19.7. The molecule has 0 fully saturated rings. The van der Waals surface area contributed by atoms with Gasteiger partial charge in [-0.3, -0.25) is 5.43 Å². The number of nitrogens with one attached hydrogen (secondary N) is 1. The van der Waals surface area contributed by atoms with Crippen molar-refractivity contribution in [3.8, 4) is 11.5 Å². The molecule has 142 valence electrons. The highest BCUT2D eigenvalue weighted by molar-refractivity contribution is 7.80. The number of hydrogen-bond donors (Lipinski definition) is 2. The zero-order valence-electron chi connectivity index (χ0n) is 15.2. The van der Waals surface area contributed by atoms with Crippen molar-refractivity contribution in [3.63, 3.8) is 0 Å². The van der Waals surface area contributed by atoms with Crippen LogP contribution in [0.2, 0.25) is 0 Å². The molecule has 7 nitrogen and oxygen atoms in total. The van der Waals surface area contributed by atoms with Crippen LogP contribution in [0.1, 0.15) is 11.5 Å². The van der Waals surface area contributed by atoms with E-state index >= 15 is 0 Å². The highest BCUT2D eigenvalue weighted by Gasteiger charge is 2.18. The van der Waals surface area contributed by atoms with E-state index in [0.717, 1.165) is 10.8 Å². The van der Waals surface area contributed by atoms with Crippen LogP contribution in [0, 0.1) is 0 Å². The Labute approximate surface area is 165 Å². The predicted octanol–water partition coefficient (Wildman–Crippen LogP) is 3.78. The van der Waals surface area contributed by atoms with Crippen molar-refractivity contribution in [1.29, 1.82) is 0 Å². The number of fused-ring (bicyclic) bond motifs is 2. The molecule has 4 aromatic rings. The Bertz CT molecular complexity index is 1120. The van der Waals surface area contributed by atoms with Gasteiger partial charge in [0, 0.05) is 22.9 Å². The summed E-state index contributed by atoms with van der Waals surface area (Å²) in [5.41, 5.74) is 9.90. The molecule has 0 aliphatic rings. The first-order valence-corrected chi connectivity index (χ1v) is 8.77. The second-order valence-corrected chi connectivity index (χ2v) is 6.41. The third kappa shape index (κ3) is 3.37. The lowest BCUT2D eigenvalue weighted by Gasteiger charge is -2.01. The normalized spacial score (nSPS) is 10.8. The second kappa shape index (κ2) is 7.24. The Kier molecular flexibility index (Phi) is 4.62. The molecule has 0 radical (unpaired) electrons. The highest BCUT2D eigenvalue weighted by Crippen LogP contribution is 2.29. The van der Waals surface area contributed by atoms with E-state index < -0.39 is 0 Å². The number of methoxy groups -OCH3 is 2. The molecule has 28 heavy (non-hydrogen) atoms. The van der Waals surface area contributed by atoms with E-state index in [1.807, 2.05) is 36.4 Å². The summed E-state index contributed by atoms with van der Waals surface area (Å²) in [5, 5.41) is 6.12. The molecular formula is C20H17N3O4S. The molecule has 0 saturated heterocycles. The Balaban J connectivity index is 1.83. The van der Waals surface area contributed by atoms with Crippen LogP contribution in [0.15, 0.2) is 62.5 Å². The fourth-order valence-electron chi connectivity index (χ4n) is 2.85. The smallest absolute Gasteiger partial charge is 0.184 e. The Morgan fingerprint density at radius 3 is 1.82 bits per heavy atom. The Morgan fingerprint density at radius 1 is 0.893 bits per heavy atom. The minimum atomic E-state index is 0.0352. The largest absolute Gasteiger partial charge is 0.497 e. The van der Waals surface area contributed by atoms with Crippen LogP contribution in [-0.2, 0) is 0 Å². The van der Waals surface area contributed by atoms with Gasteiger partial charge in [-0.15, -0.1) is 0 Å². The van der Waals surface area contributed by atoms with Crippen molar-refractivity contribution in [2.45, 2.75) is 0 Å². The van der Waals surface area contributed by atoms with E-state index in [9.17, 15) is 0 Å². The maximum atomic E-state index is 5.98. The van der Waals surface area contributed by atoms with Gasteiger partial charge in [0.25, 0.3) is 0 Å². The summed E-state index contributed by atoms with van der Waals surface area (Å²) in [4.78, 5) is 0. The van der Waals surface area contributed by atoms with Crippen LogP contribution in [-0.4, -0.2) is 25.0 Å². The third-order valence-corrected chi connectivity index (χ3v) is 4.29. The summed E-state index contributed by atoms with van der Waals surface area (Å²) in [5.74, 6) is 2.39. The lowest BCUT2D eigenvalue weighted by molar-refractivity contribution is 0.414. The number of hydrazone groups is 1. The van der Waals surface area contributed by atoms with E-state index in [0.29, 0.717) is 39.9 Å². The van der Waals surface area contributed by atoms with E-state index in [4.69, 9.17) is 36.3 Å². The van der Waals surface area contributed by atoms with Crippen LogP contribution in [0.4, 0.5) is 0 Å². The summed E-state index contributed by atoms with van der Waals surface area (Å²) < 4.78 is 22.5. The van der Waals surface area contributed by atoms with Crippen LogP contribution in [0.25, 0.3) is 21.9 Å². The van der Waals surface area contributed by atoms with Gasteiger partial charge in [0.1, 0.15) is 22.7 Å². The van der Waals surface area contributed by atoms with E-state index in [1.165, 1.54) is 0 Å². The van der Waals surface area contributed by atoms with Gasteiger partial charge in [0.2, 0.25) is 0 Å². The van der Waals surface area contributed by atoms with Crippen LogP contribution >= 0.6 is 12.2 Å². The van der Waals surface area contributed by atoms with Crippen LogP contribution < -0.4 is 20.6 Å². The average Bonchev–Trinajstić information content (AvgIpc) is 3.30. The number of furan rings is 2. The lowest BCUT2D eigenvalue weighted by Crippen LogP contribution is -2.25. The van der Waals surface area contributed by atoms with Crippen LogP contribution in [0.5, 0.6) is 11.5 Å². The molecule has 2 aromatic carbocycles. The minimum absolute atomic E-state index is 0.0352. The molecule has 0 atom stereocenters. The maximum Gasteiger partial charge on any atom is 0.184 e. The van der Waals surface area contributed by atoms with Crippen molar-refractivity contribution in [2.75, 3.05) is 14.2 Å². The predicted molar refractivity (Wildman–Crippen MR) is 111 cm³/mol. The molecular weight excluding hydrogens is 378 g/mol. The van der Waals surface area contributed by atoms with E-state index in [2.05, 4.69) is 10.5 Å². The van der Waals surface area contributed by atoms with Crippen molar-refractivity contribution >= 4 is 45.0 Å². The minimum Gasteiger partial charge on any atom is -0.497 e. The van der Waals surface area contributed by atoms with Gasteiger partial charge in [-0.25, -0.2) is 0 Å². The molecule has 3 N–H and O–H groups in total. The second-order valence-electron chi connectivity index (χ2n) is 5.97. The molecule has 0 bridgehead atoms. The molecule has 0 amide bonds. The van der Waals surface area contributed by atoms with Crippen molar-refractivity contribution in [2.24, 2.45) is 10.8 Å². The first kappa shape index (κ1) is 17.9. The summed E-state index contributed by atoms with van der Waals surface area (Å²) in [6, 6.07) is 14.9. The number of nitrogens with two attached hydrogens (primary N) is 1. The highest BCUT2D eigenvalue weighted by atomic mass is 32.1. The Morgan fingerprint density at radius 2 is 1.39 bits per heavy atom. The van der Waals surface area contributed by atoms with Gasteiger partial charge in [-0.2, -0.15) is 5.10 Å². The fourth-order valence-corrected chi connectivity index (χ4v) is 2.90. The summed E-state index contributed by atoms with van der Waals surface area (Å²) >= 11 is 4.87. The lowest BCUT2D eigenvalue weighted by atomic mass is 10.2. The molecule has 8 heteroatoms. The van der Waals surface area contributed by atoms with Gasteiger partial charge >= 0.3 is 0 Å². The number of nitrogens with zero attached hydrogens (tertiary/aromatic N) is 1. The monoisotopic (exact) mass is 395 g/mol. The van der Waals surface area contributed by atoms with Crippen LogP contribution in [0.3, 0.4) is 0 Å². The summed E-state index contributed by atoms with van der Waals surface area (Å²) in [7, 11) is 3.21. The molecule has 2 aromatic heterocycles. The average molecular weight is 395 g/mol. The molecule has 0 aliphatic heterocycles. The fraction of sp³-hybridized carbons (Fsp3) is 0.100. The van der Waals surface area contributed by atoms with Crippen molar-refractivity contribution in [1.82, 2.24) is 5.43 Å². The first-order valence-electron chi connectivity index (χ1n) is 8.36. The van der Waals surface area contributed by atoms with Crippen molar-refractivity contribution in [3.05, 3.63) is 60.1 Å². The maximum absolute atomic E-state index is 5.98. The first-order chi connectivity index (χ1) is 13.6. The van der Waals surface area contributed by atoms with Gasteiger partial charge < -0.3 is 24.0 Å². The van der Waals surface area contributed by atoms with Gasteiger partial charge in [0.05, 0.1) is 14.2 Å². The summed E-state index contributed by atoms with van der Waals surface area (Å²) in [6.07, 6.45) is 0. The van der Waals surface area contributed by atoms with E-state index in [-0.39, 0.29) is 5.11 Å². The van der Waals surface area contributed by atoms with Gasteiger partial charge in [0.15, 0.2) is 22.3 Å². The SMILES string of the molecule is COc1ccc2cc(C(=NNC(N)=S)c3cc4ccc(OC)cc4o3)oc2c1. The molecule has 4 rings (SSSR count). The molecule has 0 spiro atoms. The number of rotatable bonds is 5. The molecule has 0 saturated carbocycles. The summed E-state index contributed by atoms with van der Waals surface area (Å²) in [6.45, 7) is 0. The topological polar surface area (TPSA) is 95.2 Å². The molecule has 2 heterocycles. The standard InChI is InChI=1S/C20H17N3O4S/c1-24-13-5-3-11-7-17(26-15(11)9-13)19(22-23-20(21)28)18-8-12-4-6-14(25-2)10-16(12)27-18/h3-10H,1-2H3,(H3,21,23,28).